The monoisotopic (exact) mass is 397 g/mol. The van der Waals surface area contributed by atoms with Gasteiger partial charge in [-0.3, -0.25) is 9.69 Å². The van der Waals surface area contributed by atoms with E-state index < -0.39 is 0 Å². The number of aryl methyl sites for hydroxylation is 1. The molecule has 5 rings (SSSR count). The molecule has 2 aliphatic heterocycles. The largest absolute Gasteiger partial charge is 0.477 e. The Kier molecular flexibility index (Phi) is 4.64. The summed E-state index contributed by atoms with van der Waals surface area (Å²) >= 11 is 0. The van der Waals surface area contributed by atoms with Crippen LogP contribution in [0.2, 0.25) is 0 Å². The summed E-state index contributed by atoms with van der Waals surface area (Å²) in [6, 6.07) is 20.3. The van der Waals surface area contributed by atoms with Crippen molar-refractivity contribution in [2.75, 3.05) is 6.73 Å². The first-order valence-corrected chi connectivity index (χ1v) is 10.1. The fraction of sp³-hybridized carbons (Fsp3) is 0.192. The number of ether oxygens (including phenoxy) is 2. The zero-order chi connectivity index (χ0) is 20.7. The van der Waals surface area contributed by atoms with E-state index in [2.05, 4.69) is 17.0 Å². The number of rotatable bonds is 3. The van der Waals surface area contributed by atoms with Gasteiger partial charge < -0.3 is 9.47 Å². The van der Waals surface area contributed by atoms with Crippen LogP contribution in [0.15, 0.2) is 66.4 Å². The Balaban J connectivity index is 1.43. The number of nitrogens with zero attached hydrogens (tertiary/aromatic N) is 1. The van der Waals surface area contributed by atoms with Gasteiger partial charge in [0.1, 0.15) is 18.2 Å². The van der Waals surface area contributed by atoms with Gasteiger partial charge in [-0.2, -0.15) is 0 Å². The summed E-state index contributed by atoms with van der Waals surface area (Å²) in [4.78, 5) is 15.3. The summed E-state index contributed by atoms with van der Waals surface area (Å²) in [7, 11) is 0. The summed E-state index contributed by atoms with van der Waals surface area (Å²) in [5.74, 6) is 1.74. The molecular formula is C26H23NO3. The van der Waals surface area contributed by atoms with E-state index in [-0.39, 0.29) is 5.78 Å². The molecule has 150 valence electrons. The van der Waals surface area contributed by atoms with Gasteiger partial charge >= 0.3 is 0 Å². The van der Waals surface area contributed by atoms with Crippen LogP contribution in [0.3, 0.4) is 0 Å². The van der Waals surface area contributed by atoms with Crippen molar-refractivity contribution in [1.82, 2.24) is 4.90 Å². The van der Waals surface area contributed by atoms with E-state index in [1.165, 1.54) is 11.1 Å². The van der Waals surface area contributed by atoms with Crippen LogP contribution in [0.4, 0.5) is 0 Å². The predicted octanol–water partition coefficient (Wildman–Crippen LogP) is 5.27. The van der Waals surface area contributed by atoms with Gasteiger partial charge in [0, 0.05) is 24.2 Å². The topological polar surface area (TPSA) is 38.8 Å². The minimum atomic E-state index is -0.0725. The second-order valence-electron chi connectivity index (χ2n) is 7.96. The normalized spacial score (nSPS) is 16.7. The maximum Gasteiger partial charge on any atom is 0.231 e. The molecule has 2 heterocycles. The Labute approximate surface area is 176 Å². The second-order valence-corrected chi connectivity index (χ2v) is 7.96. The molecule has 4 heteroatoms. The molecule has 0 aromatic heterocycles. The SMILES string of the molecule is Cc1ccc(/C=C2\Oc3c(cc4c(c3C)OCN(Cc3ccccc3)C4)C2=O)cc1. The standard InChI is InChI=1S/C26H23NO3/c1-17-8-10-19(11-9-17)12-23-24(28)22-13-21-15-27(14-20-6-4-3-5-7-20)16-29-25(21)18(2)26(22)30-23/h3-13H,14-16H2,1-2H3/b23-12-. The fourth-order valence-corrected chi connectivity index (χ4v) is 4.05. The van der Waals surface area contributed by atoms with Crippen molar-refractivity contribution in [1.29, 1.82) is 0 Å². The van der Waals surface area contributed by atoms with Crippen LogP contribution < -0.4 is 9.47 Å². The molecule has 0 bridgehead atoms. The second kappa shape index (κ2) is 7.47. The van der Waals surface area contributed by atoms with E-state index in [9.17, 15) is 4.79 Å². The molecule has 0 aliphatic carbocycles. The lowest BCUT2D eigenvalue weighted by atomic mass is 9.99. The summed E-state index contributed by atoms with van der Waals surface area (Å²) in [6.07, 6.45) is 1.81. The van der Waals surface area contributed by atoms with E-state index in [0.29, 0.717) is 23.8 Å². The summed E-state index contributed by atoms with van der Waals surface area (Å²) < 4.78 is 12.1. The Morgan fingerprint density at radius 3 is 2.53 bits per heavy atom. The first kappa shape index (κ1) is 18.6. The number of carbonyl (C=O) groups excluding carboxylic acids is 1. The minimum absolute atomic E-state index is 0.0725. The van der Waals surface area contributed by atoms with Gasteiger partial charge in [0.05, 0.1) is 5.56 Å². The number of fused-ring (bicyclic) bond motifs is 2. The van der Waals surface area contributed by atoms with Crippen molar-refractivity contribution in [3.8, 4) is 11.5 Å². The van der Waals surface area contributed by atoms with Crippen LogP contribution in [0.1, 0.15) is 38.2 Å². The first-order valence-electron chi connectivity index (χ1n) is 10.1. The quantitative estimate of drug-likeness (QED) is 0.564. The molecule has 0 spiro atoms. The van der Waals surface area contributed by atoms with Crippen LogP contribution in [-0.4, -0.2) is 17.4 Å². The van der Waals surface area contributed by atoms with E-state index in [1.807, 2.05) is 68.5 Å². The number of benzene rings is 3. The molecule has 3 aromatic carbocycles. The van der Waals surface area contributed by atoms with Crippen molar-refractivity contribution in [2.45, 2.75) is 26.9 Å². The van der Waals surface area contributed by atoms with Gasteiger partial charge in [-0.25, -0.2) is 0 Å². The molecule has 0 amide bonds. The lowest BCUT2D eigenvalue weighted by molar-refractivity contribution is 0.0876. The third-order valence-electron chi connectivity index (χ3n) is 5.63. The molecule has 3 aromatic rings. The molecule has 0 N–H and O–H groups in total. The molecule has 0 saturated heterocycles. The summed E-state index contributed by atoms with van der Waals surface area (Å²) in [5.41, 5.74) is 5.91. The van der Waals surface area contributed by atoms with Crippen LogP contribution in [-0.2, 0) is 13.1 Å². The Hall–Kier alpha value is -3.37. The van der Waals surface area contributed by atoms with Gasteiger partial charge in [0.2, 0.25) is 5.78 Å². The Morgan fingerprint density at radius 2 is 1.77 bits per heavy atom. The lowest BCUT2D eigenvalue weighted by Crippen LogP contribution is -2.32. The highest BCUT2D eigenvalue weighted by atomic mass is 16.5. The third kappa shape index (κ3) is 3.40. The van der Waals surface area contributed by atoms with Gasteiger partial charge in [-0.15, -0.1) is 0 Å². The zero-order valence-corrected chi connectivity index (χ0v) is 17.1. The van der Waals surface area contributed by atoms with Gasteiger partial charge in [-0.05, 0) is 37.1 Å². The van der Waals surface area contributed by atoms with E-state index >= 15 is 0 Å². The molecule has 0 saturated carbocycles. The van der Waals surface area contributed by atoms with Crippen molar-refractivity contribution in [3.63, 3.8) is 0 Å². The molecule has 30 heavy (non-hydrogen) atoms. The molecule has 0 fully saturated rings. The maximum absolute atomic E-state index is 13.0. The van der Waals surface area contributed by atoms with Crippen LogP contribution in [0, 0.1) is 13.8 Å². The predicted molar refractivity (Wildman–Crippen MR) is 116 cm³/mol. The number of hydrogen-bond donors (Lipinski definition) is 0. The highest BCUT2D eigenvalue weighted by molar-refractivity contribution is 6.15. The van der Waals surface area contributed by atoms with Crippen molar-refractivity contribution < 1.29 is 14.3 Å². The molecular weight excluding hydrogens is 374 g/mol. The smallest absolute Gasteiger partial charge is 0.231 e. The van der Waals surface area contributed by atoms with Gasteiger partial charge in [0.15, 0.2) is 5.76 Å². The molecule has 0 unspecified atom stereocenters. The highest BCUT2D eigenvalue weighted by Gasteiger charge is 2.33. The van der Waals surface area contributed by atoms with Gasteiger partial charge in [-0.1, -0.05) is 60.2 Å². The molecule has 2 aliphatic rings. The highest BCUT2D eigenvalue weighted by Crippen LogP contribution is 2.43. The summed E-state index contributed by atoms with van der Waals surface area (Å²) in [5, 5.41) is 0. The van der Waals surface area contributed by atoms with Crippen LogP contribution in [0.5, 0.6) is 11.5 Å². The van der Waals surface area contributed by atoms with E-state index in [4.69, 9.17) is 9.47 Å². The summed E-state index contributed by atoms with van der Waals surface area (Å²) in [6.45, 7) is 6.06. The number of Topliss-reactive ketones (excluding diaryl/α,β-unsaturated/α-hetero) is 1. The lowest BCUT2D eigenvalue weighted by Gasteiger charge is -2.30. The molecule has 0 radical (unpaired) electrons. The van der Waals surface area contributed by atoms with Crippen LogP contribution >= 0.6 is 0 Å². The fourth-order valence-electron chi connectivity index (χ4n) is 4.05. The average molecular weight is 397 g/mol. The zero-order valence-electron chi connectivity index (χ0n) is 17.1. The maximum atomic E-state index is 13.0. The number of allylic oxidation sites excluding steroid dienone is 1. The molecule has 4 nitrogen and oxygen atoms in total. The Bertz CT molecular complexity index is 1150. The average Bonchev–Trinajstić information content (AvgIpc) is 3.06. The van der Waals surface area contributed by atoms with Crippen molar-refractivity contribution in [2.24, 2.45) is 0 Å². The Morgan fingerprint density at radius 1 is 1.00 bits per heavy atom. The number of hydrogen-bond acceptors (Lipinski definition) is 4. The van der Waals surface area contributed by atoms with Crippen molar-refractivity contribution in [3.05, 3.63) is 99.8 Å². The molecule has 0 atom stereocenters. The van der Waals surface area contributed by atoms with Gasteiger partial charge in [0.25, 0.3) is 0 Å². The third-order valence-corrected chi connectivity index (χ3v) is 5.63. The van der Waals surface area contributed by atoms with E-state index in [1.54, 1.807) is 0 Å². The first-order chi connectivity index (χ1) is 14.6. The van der Waals surface area contributed by atoms with E-state index in [0.717, 1.165) is 35.5 Å². The minimum Gasteiger partial charge on any atom is -0.477 e. The van der Waals surface area contributed by atoms with Crippen LogP contribution in [0.25, 0.3) is 6.08 Å². The number of ketones is 1. The number of carbonyl (C=O) groups is 1. The van der Waals surface area contributed by atoms with Crippen molar-refractivity contribution >= 4 is 11.9 Å².